The molecular weight excluding hydrogens is 234 g/mol. The fraction of sp³-hybridized carbons (Fsp3) is 0.556. The topological polar surface area (TPSA) is 12.0 Å². The largest absolute Gasteiger partial charge is 0.312 e. The average Bonchev–Trinajstić information content (AvgIpc) is 2.76. The molecule has 0 unspecified atom stereocenters. The predicted molar refractivity (Wildman–Crippen MR) is 56.4 cm³/mol. The number of hydrogen-bond donors (Lipinski definition) is 1. The third-order valence-electron chi connectivity index (χ3n) is 2.06. The molecule has 1 nitrogen and oxygen atoms in total. The van der Waals surface area contributed by atoms with Gasteiger partial charge in [0.1, 0.15) is 0 Å². The van der Waals surface area contributed by atoms with Crippen LogP contribution in [0.3, 0.4) is 0 Å². The van der Waals surface area contributed by atoms with Gasteiger partial charge in [-0.25, -0.2) is 0 Å². The minimum Gasteiger partial charge on any atom is -0.312 e. The van der Waals surface area contributed by atoms with Crippen LogP contribution in [0.5, 0.6) is 0 Å². The van der Waals surface area contributed by atoms with Gasteiger partial charge in [0.05, 0.1) is 3.79 Å². The maximum atomic E-state index is 3.47. The molecule has 1 N–H and O–H groups in total. The van der Waals surface area contributed by atoms with E-state index in [0.29, 0.717) is 0 Å². The van der Waals surface area contributed by atoms with Crippen LogP contribution in [0.1, 0.15) is 17.7 Å². The Bertz CT molecular complexity index is 255. The standard InChI is InChI=1S/C9H12BrNS/c10-9-4-3-8(12-9)6-11-5-7-1-2-7/h3-4,7,11H,1-2,5-6H2. The van der Waals surface area contributed by atoms with Gasteiger partial charge in [-0.3, -0.25) is 0 Å². The minimum absolute atomic E-state index is 0.980. The van der Waals surface area contributed by atoms with E-state index in [1.165, 1.54) is 28.0 Å². The Balaban J connectivity index is 1.71. The summed E-state index contributed by atoms with van der Waals surface area (Å²) in [6, 6.07) is 4.29. The van der Waals surface area contributed by atoms with Crippen molar-refractivity contribution in [1.82, 2.24) is 5.32 Å². The molecule has 1 aliphatic rings. The van der Waals surface area contributed by atoms with Gasteiger partial charge in [0, 0.05) is 11.4 Å². The van der Waals surface area contributed by atoms with Crippen LogP contribution in [0.15, 0.2) is 15.9 Å². The molecule has 0 radical (unpaired) electrons. The maximum absolute atomic E-state index is 3.47. The molecule has 3 heteroatoms. The number of halogens is 1. The first-order valence-electron chi connectivity index (χ1n) is 4.29. The van der Waals surface area contributed by atoms with Crippen LogP contribution in [0, 0.1) is 5.92 Å². The van der Waals surface area contributed by atoms with Crippen molar-refractivity contribution in [3.05, 3.63) is 20.8 Å². The van der Waals surface area contributed by atoms with Gasteiger partial charge in [0.15, 0.2) is 0 Å². The second-order valence-corrected chi connectivity index (χ2v) is 5.83. The van der Waals surface area contributed by atoms with Crippen LogP contribution in [-0.2, 0) is 6.54 Å². The monoisotopic (exact) mass is 245 g/mol. The first kappa shape index (κ1) is 8.73. The van der Waals surface area contributed by atoms with Gasteiger partial charge in [-0.15, -0.1) is 11.3 Å². The van der Waals surface area contributed by atoms with Gasteiger partial charge in [-0.05, 0) is 53.4 Å². The molecule has 0 aromatic carbocycles. The van der Waals surface area contributed by atoms with Crippen molar-refractivity contribution in [3.63, 3.8) is 0 Å². The molecule has 0 aliphatic heterocycles. The lowest BCUT2D eigenvalue weighted by atomic mass is 10.4. The summed E-state index contributed by atoms with van der Waals surface area (Å²) >= 11 is 5.27. The van der Waals surface area contributed by atoms with E-state index in [-0.39, 0.29) is 0 Å². The summed E-state index contributed by atoms with van der Waals surface area (Å²) in [5.74, 6) is 0.980. The van der Waals surface area contributed by atoms with E-state index in [1.807, 2.05) is 11.3 Å². The fourth-order valence-corrected chi connectivity index (χ4v) is 2.62. The van der Waals surface area contributed by atoms with Crippen molar-refractivity contribution in [2.24, 2.45) is 5.92 Å². The van der Waals surface area contributed by atoms with Crippen molar-refractivity contribution >= 4 is 27.3 Å². The van der Waals surface area contributed by atoms with Crippen molar-refractivity contribution < 1.29 is 0 Å². The molecule has 12 heavy (non-hydrogen) atoms. The highest BCUT2D eigenvalue weighted by atomic mass is 79.9. The molecule has 1 fully saturated rings. The zero-order chi connectivity index (χ0) is 8.39. The highest BCUT2D eigenvalue weighted by Crippen LogP contribution is 2.28. The molecule has 1 aromatic heterocycles. The summed E-state index contributed by atoms with van der Waals surface area (Å²) in [4.78, 5) is 1.42. The van der Waals surface area contributed by atoms with Crippen molar-refractivity contribution in [1.29, 1.82) is 0 Å². The normalized spacial score (nSPS) is 16.8. The lowest BCUT2D eigenvalue weighted by Crippen LogP contribution is -2.15. The molecule has 0 amide bonds. The Labute approximate surface area is 85.3 Å². The van der Waals surface area contributed by atoms with Gasteiger partial charge in [-0.1, -0.05) is 0 Å². The minimum atomic E-state index is 0.980. The van der Waals surface area contributed by atoms with Crippen molar-refractivity contribution in [2.45, 2.75) is 19.4 Å². The SMILES string of the molecule is Brc1ccc(CNCC2CC2)s1. The maximum Gasteiger partial charge on any atom is 0.0701 e. The Morgan fingerprint density at radius 3 is 2.92 bits per heavy atom. The van der Waals surface area contributed by atoms with Crippen LogP contribution >= 0.6 is 27.3 Å². The number of nitrogens with one attached hydrogen (secondary N) is 1. The molecule has 1 aromatic rings. The van der Waals surface area contributed by atoms with E-state index in [4.69, 9.17) is 0 Å². The third kappa shape index (κ3) is 2.57. The molecular formula is C9H12BrNS. The van der Waals surface area contributed by atoms with Gasteiger partial charge >= 0.3 is 0 Å². The van der Waals surface area contributed by atoms with Crippen LogP contribution < -0.4 is 5.32 Å². The fourth-order valence-electron chi connectivity index (χ4n) is 1.17. The Morgan fingerprint density at radius 2 is 2.33 bits per heavy atom. The zero-order valence-electron chi connectivity index (χ0n) is 6.85. The molecule has 1 saturated carbocycles. The molecule has 66 valence electrons. The summed E-state index contributed by atoms with van der Waals surface area (Å²) in [6.07, 6.45) is 2.86. The van der Waals surface area contributed by atoms with E-state index in [2.05, 4.69) is 33.4 Å². The number of thiophene rings is 1. The van der Waals surface area contributed by atoms with Gasteiger partial charge in [-0.2, -0.15) is 0 Å². The second kappa shape index (κ2) is 3.90. The highest BCUT2D eigenvalue weighted by Gasteiger charge is 2.20. The number of rotatable bonds is 4. The smallest absolute Gasteiger partial charge is 0.0701 e. The van der Waals surface area contributed by atoms with Gasteiger partial charge in [0.25, 0.3) is 0 Å². The summed E-state index contributed by atoms with van der Waals surface area (Å²) in [6.45, 7) is 2.24. The first-order valence-corrected chi connectivity index (χ1v) is 5.90. The van der Waals surface area contributed by atoms with E-state index in [1.54, 1.807) is 0 Å². The Kier molecular flexibility index (Phi) is 2.84. The van der Waals surface area contributed by atoms with Crippen molar-refractivity contribution in [2.75, 3.05) is 6.54 Å². The lowest BCUT2D eigenvalue weighted by molar-refractivity contribution is 0.643. The molecule has 1 aliphatic carbocycles. The summed E-state index contributed by atoms with van der Waals surface area (Å²) in [5, 5.41) is 3.47. The molecule has 0 spiro atoms. The predicted octanol–water partition coefficient (Wildman–Crippen LogP) is 3.01. The van der Waals surface area contributed by atoms with Crippen LogP contribution in [-0.4, -0.2) is 6.54 Å². The van der Waals surface area contributed by atoms with Crippen LogP contribution in [0.4, 0.5) is 0 Å². The van der Waals surface area contributed by atoms with Crippen LogP contribution in [0.2, 0.25) is 0 Å². The van der Waals surface area contributed by atoms with E-state index in [9.17, 15) is 0 Å². The molecule has 1 heterocycles. The number of hydrogen-bond acceptors (Lipinski definition) is 2. The Morgan fingerprint density at radius 1 is 1.50 bits per heavy atom. The summed E-state index contributed by atoms with van der Waals surface area (Å²) in [5.41, 5.74) is 0. The van der Waals surface area contributed by atoms with Gasteiger partial charge in [0.2, 0.25) is 0 Å². The molecule has 2 rings (SSSR count). The van der Waals surface area contributed by atoms with Gasteiger partial charge < -0.3 is 5.32 Å². The van der Waals surface area contributed by atoms with E-state index >= 15 is 0 Å². The zero-order valence-corrected chi connectivity index (χ0v) is 9.25. The lowest BCUT2D eigenvalue weighted by Gasteiger charge is -1.99. The molecule has 0 saturated heterocycles. The quantitative estimate of drug-likeness (QED) is 0.861. The average molecular weight is 246 g/mol. The first-order chi connectivity index (χ1) is 5.84. The van der Waals surface area contributed by atoms with Crippen molar-refractivity contribution in [3.8, 4) is 0 Å². The molecule has 0 bridgehead atoms. The summed E-state index contributed by atoms with van der Waals surface area (Å²) < 4.78 is 1.23. The summed E-state index contributed by atoms with van der Waals surface area (Å²) in [7, 11) is 0. The molecule has 0 atom stereocenters. The second-order valence-electron chi connectivity index (χ2n) is 3.28. The third-order valence-corrected chi connectivity index (χ3v) is 3.68. The van der Waals surface area contributed by atoms with Crippen LogP contribution in [0.25, 0.3) is 0 Å². The Hall–Kier alpha value is 0.140. The van der Waals surface area contributed by atoms with E-state index < -0.39 is 0 Å². The van der Waals surface area contributed by atoms with E-state index in [0.717, 1.165) is 12.5 Å². The highest BCUT2D eigenvalue weighted by molar-refractivity contribution is 9.11.